The van der Waals surface area contributed by atoms with E-state index < -0.39 is 5.91 Å². The van der Waals surface area contributed by atoms with Gasteiger partial charge in [0.15, 0.2) is 5.82 Å². The van der Waals surface area contributed by atoms with Crippen molar-refractivity contribution in [2.24, 2.45) is 5.73 Å². The molecule has 3 N–H and O–H groups in total. The first-order valence-corrected chi connectivity index (χ1v) is 6.14. The Kier molecular flexibility index (Phi) is 3.91. The second-order valence-electron chi connectivity index (χ2n) is 4.27. The van der Waals surface area contributed by atoms with Crippen molar-refractivity contribution in [3.8, 4) is 5.82 Å². The molecule has 6 heteroatoms. The van der Waals surface area contributed by atoms with Gasteiger partial charge < -0.3 is 11.1 Å². The van der Waals surface area contributed by atoms with E-state index in [2.05, 4.69) is 28.4 Å². The van der Waals surface area contributed by atoms with E-state index in [0.717, 1.165) is 24.2 Å². The molecule has 19 heavy (non-hydrogen) atoms. The molecule has 0 spiro atoms. The molecule has 0 bridgehead atoms. The SMILES string of the molecule is CCNCc1cnc(-n2ccc(C(N)=O)n2)c(C)c1. The number of aryl methyl sites for hydroxylation is 1. The minimum Gasteiger partial charge on any atom is -0.364 e. The summed E-state index contributed by atoms with van der Waals surface area (Å²) in [5, 5.41) is 7.34. The van der Waals surface area contributed by atoms with Crippen LogP contribution < -0.4 is 11.1 Å². The van der Waals surface area contributed by atoms with E-state index >= 15 is 0 Å². The highest BCUT2D eigenvalue weighted by Crippen LogP contribution is 2.12. The second-order valence-corrected chi connectivity index (χ2v) is 4.27. The zero-order valence-electron chi connectivity index (χ0n) is 11.1. The van der Waals surface area contributed by atoms with E-state index in [1.807, 2.05) is 6.92 Å². The predicted octanol–water partition coefficient (Wildman–Crippen LogP) is 0.784. The zero-order valence-corrected chi connectivity index (χ0v) is 11.1. The Labute approximate surface area is 111 Å². The quantitative estimate of drug-likeness (QED) is 0.831. The van der Waals surface area contributed by atoms with Gasteiger partial charge in [-0.25, -0.2) is 9.67 Å². The van der Waals surface area contributed by atoms with Crippen molar-refractivity contribution in [2.45, 2.75) is 20.4 Å². The number of carbonyl (C=O) groups excluding carboxylic acids is 1. The smallest absolute Gasteiger partial charge is 0.269 e. The fourth-order valence-electron chi connectivity index (χ4n) is 1.80. The van der Waals surface area contributed by atoms with Gasteiger partial charge in [0.25, 0.3) is 5.91 Å². The van der Waals surface area contributed by atoms with Gasteiger partial charge in [-0.05, 0) is 36.7 Å². The number of nitrogens with zero attached hydrogens (tertiary/aromatic N) is 3. The number of primary amides is 1. The topological polar surface area (TPSA) is 85.8 Å². The molecule has 100 valence electrons. The van der Waals surface area contributed by atoms with Gasteiger partial charge in [0.2, 0.25) is 0 Å². The Morgan fingerprint density at radius 1 is 1.53 bits per heavy atom. The molecule has 6 nitrogen and oxygen atoms in total. The number of pyridine rings is 1. The number of amides is 1. The lowest BCUT2D eigenvalue weighted by molar-refractivity contribution is 0.0995. The van der Waals surface area contributed by atoms with Crippen molar-refractivity contribution in [1.29, 1.82) is 0 Å². The van der Waals surface area contributed by atoms with Gasteiger partial charge >= 0.3 is 0 Å². The zero-order chi connectivity index (χ0) is 13.8. The monoisotopic (exact) mass is 259 g/mol. The summed E-state index contributed by atoms with van der Waals surface area (Å²) in [6.07, 6.45) is 3.48. The number of carbonyl (C=O) groups is 1. The van der Waals surface area contributed by atoms with Crippen molar-refractivity contribution in [2.75, 3.05) is 6.54 Å². The van der Waals surface area contributed by atoms with E-state index in [1.54, 1.807) is 23.1 Å². The van der Waals surface area contributed by atoms with Crippen molar-refractivity contribution in [3.63, 3.8) is 0 Å². The molecule has 2 aromatic rings. The van der Waals surface area contributed by atoms with Crippen LogP contribution in [0.1, 0.15) is 28.5 Å². The molecule has 1 amide bonds. The van der Waals surface area contributed by atoms with Crippen LogP contribution in [-0.2, 0) is 6.54 Å². The first kappa shape index (κ1) is 13.2. The van der Waals surface area contributed by atoms with Gasteiger partial charge in [-0.3, -0.25) is 4.79 Å². The summed E-state index contributed by atoms with van der Waals surface area (Å²) in [6.45, 7) is 5.73. The molecule has 0 saturated carbocycles. The fourth-order valence-corrected chi connectivity index (χ4v) is 1.80. The number of hydrogen-bond donors (Lipinski definition) is 2. The average Bonchev–Trinajstić information content (AvgIpc) is 2.86. The number of nitrogens with two attached hydrogens (primary N) is 1. The van der Waals surface area contributed by atoms with Gasteiger partial charge in [0, 0.05) is 18.9 Å². The van der Waals surface area contributed by atoms with Crippen LogP contribution in [0.15, 0.2) is 24.5 Å². The molecule has 0 aliphatic rings. The van der Waals surface area contributed by atoms with Gasteiger partial charge in [0.1, 0.15) is 5.69 Å². The minimum atomic E-state index is -0.542. The Balaban J connectivity index is 2.26. The molecule has 0 aromatic carbocycles. The van der Waals surface area contributed by atoms with Crippen LogP contribution in [0.2, 0.25) is 0 Å². The highest BCUT2D eigenvalue weighted by molar-refractivity contribution is 5.90. The summed E-state index contributed by atoms with van der Waals surface area (Å²) >= 11 is 0. The molecule has 0 radical (unpaired) electrons. The maximum Gasteiger partial charge on any atom is 0.269 e. The number of aromatic nitrogens is 3. The molecule has 0 aliphatic carbocycles. The summed E-state index contributed by atoms with van der Waals surface area (Å²) in [7, 11) is 0. The van der Waals surface area contributed by atoms with Crippen LogP contribution in [0.4, 0.5) is 0 Å². The summed E-state index contributed by atoms with van der Waals surface area (Å²) in [5.74, 6) is 0.160. The van der Waals surface area contributed by atoms with Gasteiger partial charge in [-0.1, -0.05) is 6.92 Å². The van der Waals surface area contributed by atoms with Gasteiger partial charge in [0.05, 0.1) is 0 Å². The maximum absolute atomic E-state index is 11.0. The molecule has 0 fully saturated rings. The Morgan fingerprint density at radius 3 is 2.89 bits per heavy atom. The molecule has 0 atom stereocenters. The molecule has 2 rings (SSSR count). The lowest BCUT2D eigenvalue weighted by Gasteiger charge is -2.07. The Hall–Kier alpha value is -2.21. The van der Waals surface area contributed by atoms with E-state index in [0.29, 0.717) is 5.82 Å². The molecule has 2 heterocycles. The van der Waals surface area contributed by atoms with Crippen LogP contribution >= 0.6 is 0 Å². The predicted molar refractivity (Wildman–Crippen MR) is 72.0 cm³/mol. The van der Waals surface area contributed by atoms with E-state index in [9.17, 15) is 4.79 Å². The average molecular weight is 259 g/mol. The van der Waals surface area contributed by atoms with Crippen molar-refractivity contribution < 1.29 is 4.79 Å². The number of rotatable bonds is 5. The first-order chi connectivity index (χ1) is 9.11. The van der Waals surface area contributed by atoms with Crippen molar-refractivity contribution >= 4 is 5.91 Å². The lowest BCUT2D eigenvalue weighted by atomic mass is 10.2. The maximum atomic E-state index is 11.0. The van der Waals surface area contributed by atoms with Gasteiger partial charge in [-0.2, -0.15) is 5.10 Å². The molecule has 2 aromatic heterocycles. The standard InChI is InChI=1S/C13H17N5O/c1-3-15-7-10-6-9(2)13(16-8-10)18-5-4-11(17-18)12(14)19/h4-6,8,15H,3,7H2,1-2H3,(H2,14,19). The molecular weight excluding hydrogens is 242 g/mol. The van der Waals surface area contributed by atoms with E-state index in [1.165, 1.54) is 0 Å². The third-order valence-electron chi connectivity index (χ3n) is 2.74. The third kappa shape index (κ3) is 2.97. The minimum absolute atomic E-state index is 0.234. The first-order valence-electron chi connectivity index (χ1n) is 6.14. The van der Waals surface area contributed by atoms with Gasteiger partial charge in [-0.15, -0.1) is 0 Å². The Morgan fingerprint density at radius 2 is 2.32 bits per heavy atom. The second kappa shape index (κ2) is 5.62. The molecule has 0 unspecified atom stereocenters. The summed E-state index contributed by atoms with van der Waals surface area (Å²) in [6, 6.07) is 3.63. The highest BCUT2D eigenvalue weighted by atomic mass is 16.1. The lowest BCUT2D eigenvalue weighted by Crippen LogP contribution is -2.14. The van der Waals surface area contributed by atoms with Crippen LogP contribution in [0.5, 0.6) is 0 Å². The molecular formula is C13H17N5O. The van der Waals surface area contributed by atoms with E-state index in [-0.39, 0.29) is 5.69 Å². The van der Waals surface area contributed by atoms with Crippen molar-refractivity contribution in [3.05, 3.63) is 41.3 Å². The Bertz CT molecular complexity index is 590. The largest absolute Gasteiger partial charge is 0.364 e. The highest BCUT2D eigenvalue weighted by Gasteiger charge is 2.09. The number of hydrogen-bond acceptors (Lipinski definition) is 4. The summed E-state index contributed by atoms with van der Waals surface area (Å²) in [4.78, 5) is 15.4. The van der Waals surface area contributed by atoms with Crippen LogP contribution in [0, 0.1) is 6.92 Å². The van der Waals surface area contributed by atoms with Crippen LogP contribution in [-0.4, -0.2) is 27.2 Å². The number of nitrogens with one attached hydrogen (secondary N) is 1. The normalized spacial score (nSPS) is 10.6. The van der Waals surface area contributed by atoms with E-state index in [4.69, 9.17) is 5.73 Å². The molecule has 0 aliphatic heterocycles. The van der Waals surface area contributed by atoms with Crippen LogP contribution in [0.25, 0.3) is 5.82 Å². The summed E-state index contributed by atoms with van der Waals surface area (Å²) in [5.41, 5.74) is 7.52. The molecule has 0 saturated heterocycles. The third-order valence-corrected chi connectivity index (χ3v) is 2.74. The van der Waals surface area contributed by atoms with Crippen LogP contribution in [0.3, 0.4) is 0 Å². The summed E-state index contributed by atoms with van der Waals surface area (Å²) < 4.78 is 1.56. The fraction of sp³-hybridized carbons (Fsp3) is 0.308. The van der Waals surface area contributed by atoms with Crippen molar-refractivity contribution in [1.82, 2.24) is 20.1 Å².